The maximum absolute atomic E-state index is 14.1. The lowest BCUT2D eigenvalue weighted by Gasteiger charge is -2.13. The largest absolute Gasteiger partial charge is 0.304 e. The summed E-state index contributed by atoms with van der Waals surface area (Å²) in [6.45, 7) is 4.38. The van der Waals surface area contributed by atoms with Crippen LogP contribution >= 0.6 is 11.3 Å². The standard InChI is InChI=1S/C22H19F3N4S/c1-13(18-10-27-29(14(18)2)21-8-7-17(24)9-19(21)25)26-11-22-28-20(12-30-22)15-3-5-16(23)6-4-15/h3-10,12-13,26H,11H2,1-2H3. The molecule has 0 spiro atoms. The smallest absolute Gasteiger partial charge is 0.151 e. The highest BCUT2D eigenvalue weighted by Gasteiger charge is 2.17. The minimum atomic E-state index is -0.663. The Bertz CT molecular complexity index is 1170. The van der Waals surface area contributed by atoms with Crippen LogP contribution in [0.1, 0.15) is 29.2 Å². The third-order valence-electron chi connectivity index (χ3n) is 4.90. The second-order valence-corrected chi connectivity index (χ2v) is 7.87. The predicted octanol–water partition coefficient (Wildman–Crippen LogP) is 5.57. The molecule has 4 rings (SSSR count). The topological polar surface area (TPSA) is 42.7 Å². The van der Waals surface area contributed by atoms with Gasteiger partial charge in [0, 0.05) is 40.9 Å². The van der Waals surface area contributed by atoms with Gasteiger partial charge < -0.3 is 5.32 Å². The Hall–Kier alpha value is -2.97. The van der Waals surface area contributed by atoms with Crippen LogP contribution in [0.3, 0.4) is 0 Å². The highest BCUT2D eigenvalue weighted by atomic mass is 32.1. The zero-order chi connectivity index (χ0) is 21.3. The Kier molecular flexibility index (Phi) is 5.69. The molecule has 0 aliphatic carbocycles. The number of aromatic nitrogens is 3. The van der Waals surface area contributed by atoms with Crippen LogP contribution in [0.4, 0.5) is 13.2 Å². The van der Waals surface area contributed by atoms with E-state index in [1.165, 1.54) is 40.3 Å². The molecule has 1 unspecified atom stereocenters. The van der Waals surface area contributed by atoms with Crippen molar-refractivity contribution >= 4 is 11.3 Å². The van der Waals surface area contributed by atoms with E-state index >= 15 is 0 Å². The van der Waals surface area contributed by atoms with Gasteiger partial charge in [0.05, 0.1) is 11.9 Å². The van der Waals surface area contributed by atoms with E-state index in [1.54, 1.807) is 18.3 Å². The number of rotatable bonds is 6. The molecule has 0 aliphatic rings. The van der Waals surface area contributed by atoms with Crippen LogP contribution in [0, 0.1) is 24.4 Å². The van der Waals surface area contributed by atoms with Gasteiger partial charge in [-0.05, 0) is 50.2 Å². The predicted molar refractivity (Wildman–Crippen MR) is 111 cm³/mol. The van der Waals surface area contributed by atoms with E-state index in [0.717, 1.165) is 33.6 Å². The fourth-order valence-electron chi connectivity index (χ4n) is 3.24. The average Bonchev–Trinajstić information content (AvgIpc) is 3.34. The van der Waals surface area contributed by atoms with Crippen LogP contribution in [0.5, 0.6) is 0 Å². The summed E-state index contributed by atoms with van der Waals surface area (Å²) >= 11 is 1.52. The number of benzene rings is 2. The molecule has 4 aromatic rings. The highest BCUT2D eigenvalue weighted by Crippen LogP contribution is 2.25. The van der Waals surface area contributed by atoms with Gasteiger partial charge in [0.2, 0.25) is 0 Å². The molecule has 8 heteroatoms. The van der Waals surface area contributed by atoms with Crippen molar-refractivity contribution in [1.29, 1.82) is 0 Å². The molecule has 30 heavy (non-hydrogen) atoms. The fraction of sp³-hybridized carbons (Fsp3) is 0.182. The zero-order valence-electron chi connectivity index (χ0n) is 16.4. The lowest BCUT2D eigenvalue weighted by Crippen LogP contribution is -2.18. The van der Waals surface area contributed by atoms with E-state index in [2.05, 4.69) is 15.4 Å². The van der Waals surface area contributed by atoms with E-state index in [9.17, 15) is 13.2 Å². The first-order chi connectivity index (χ1) is 14.4. The van der Waals surface area contributed by atoms with Crippen molar-refractivity contribution in [1.82, 2.24) is 20.1 Å². The Morgan fingerprint density at radius 1 is 1.07 bits per heavy atom. The molecule has 2 heterocycles. The van der Waals surface area contributed by atoms with E-state index in [1.807, 2.05) is 19.2 Å². The molecule has 0 radical (unpaired) electrons. The van der Waals surface area contributed by atoms with E-state index in [4.69, 9.17) is 0 Å². The van der Waals surface area contributed by atoms with Crippen LogP contribution in [-0.4, -0.2) is 14.8 Å². The summed E-state index contributed by atoms with van der Waals surface area (Å²) in [5, 5.41) is 10.5. The molecule has 4 nitrogen and oxygen atoms in total. The van der Waals surface area contributed by atoms with Gasteiger partial charge in [-0.1, -0.05) is 0 Å². The third-order valence-corrected chi connectivity index (χ3v) is 5.75. The molecule has 0 fully saturated rings. The average molecular weight is 428 g/mol. The van der Waals surface area contributed by atoms with E-state index in [-0.39, 0.29) is 17.5 Å². The van der Waals surface area contributed by atoms with Gasteiger partial charge in [-0.15, -0.1) is 11.3 Å². The maximum atomic E-state index is 14.1. The summed E-state index contributed by atoms with van der Waals surface area (Å²) in [5.74, 6) is -1.56. The molecule has 2 aromatic heterocycles. The van der Waals surface area contributed by atoms with Crippen molar-refractivity contribution in [3.05, 3.63) is 87.8 Å². The maximum Gasteiger partial charge on any atom is 0.151 e. The normalized spacial score (nSPS) is 12.3. The van der Waals surface area contributed by atoms with Gasteiger partial charge in [-0.2, -0.15) is 5.10 Å². The molecular formula is C22H19F3N4S. The number of halogens is 3. The number of thiazole rings is 1. The van der Waals surface area contributed by atoms with E-state index in [0.29, 0.717) is 6.54 Å². The molecule has 0 bridgehead atoms. The van der Waals surface area contributed by atoms with Gasteiger partial charge in [-0.25, -0.2) is 22.8 Å². The van der Waals surface area contributed by atoms with Gasteiger partial charge >= 0.3 is 0 Å². The summed E-state index contributed by atoms with van der Waals surface area (Å²) in [5.41, 5.74) is 3.56. The van der Waals surface area contributed by atoms with Crippen LogP contribution in [0.2, 0.25) is 0 Å². The van der Waals surface area contributed by atoms with Crippen molar-refractivity contribution < 1.29 is 13.2 Å². The van der Waals surface area contributed by atoms with Gasteiger partial charge in [0.25, 0.3) is 0 Å². The Morgan fingerprint density at radius 2 is 1.80 bits per heavy atom. The summed E-state index contributed by atoms with van der Waals surface area (Å²) in [6, 6.07) is 9.62. The van der Waals surface area contributed by atoms with Crippen molar-refractivity contribution in [3.8, 4) is 16.9 Å². The third kappa shape index (κ3) is 4.15. The molecule has 1 N–H and O–H groups in total. The van der Waals surface area contributed by atoms with Crippen molar-refractivity contribution in [2.45, 2.75) is 26.4 Å². The number of hydrogen-bond acceptors (Lipinski definition) is 4. The molecular weight excluding hydrogens is 409 g/mol. The monoisotopic (exact) mass is 428 g/mol. The lowest BCUT2D eigenvalue weighted by molar-refractivity contribution is 0.565. The lowest BCUT2D eigenvalue weighted by atomic mass is 10.1. The minimum absolute atomic E-state index is 0.0552. The number of nitrogens with one attached hydrogen (secondary N) is 1. The molecule has 0 amide bonds. The number of nitrogens with zero attached hydrogens (tertiary/aromatic N) is 3. The zero-order valence-corrected chi connectivity index (χ0v) is 17.2. The first-order valence-corrected chi connectivity index (χ1v) is 10.2. The Morgan fingerprint density at radius 3 is 2.53 bits per heavy atom. The molecule has 1 atom stereocenters. The molecule has 0 aliphatic heterocycles. The molecule has 2 aromatic carbocycles. The SMILES string of the molecule is Cc1c(C(C)NCc2nc(-c3ccc(F)cc3)cs2)cnn1-c1ccc(F)cc1F. The van der Waals surface area contributed by atoms with Crippen LogP contribution < -0.4 is 5.32 Å². The van der Waals surface area contributed by atoms with Crippen LogP contribution in [0.25, 0.3) is 16.9 Å². The summed E-state index contributed by atoms with van der Waals surface area (Å²) < 4.78 is 41.9. The van der Waals surface area contributed by atoms with Gasteiger partial charge in [0.15, 0.2) is 5.82 Å². The Balaban J connectivity index is 1.45. The highest BCUT2D eigenvalue weighted by molar-refractivity contribution is 7.09. The quantitative estimate of drug-likeness (QED) is 0.436. The van der Waals surface area contributed by atoms with Crippen molar-refractivity contribution in [2.24, 2.45) is 0 Å². The first kappa shape index (κ1) is 20.3. The first-order valence-electron chi connectivity index (χ1n) is 9.36. The number of hydrogen-bond donors (Lipinski definition) is 1. The summed E-state index contributed by atoms with van der Waals surface area (Å²) in [4.78, 5) is 4.60. The molecule has 0 saturated carbocycles. The minimum Gasteiger partial charge on any atom is -0.304 e. The second kappa shape index (κ2) is 8.41. The molecule has 0 saturated heterocycles. The Labute approximate surface area is 176 Å². The van der Waals surface area contributed by atoms with Crippen molar-refractivity contribution in [2.75, 3.05) is 0 Å². The van der Waals surface area contributed by atoms with E-state index < -0.39 is 11.6 Å². The fourth-order valence-corrected chi connectivity index (χ4v) is 3.99. The summed E-state index contributed by atoms with van der Waals surface area (Å²) in [6.07, 6.45) is 1.68. The van der Waals surface area contributed by atoms with Gasteiger partial charge in [0.1, 0.15) is 22.3 Å². The second-order valence-electron chi connectivity index (χ2n) is 6.93. The molecule has 154 valence electrons. The van der Waals surface area contributed by atoms with Crippen molar-refractivity contribution in [3.63, 3.8) is 0 Å². The van der Waals surface area contributed by atoms with Crippen LogP contribution in [-0.2, 0) is 6.54 Å². The van der Waals surface area contributed by atoms with Gasteiger partial charge in [-0.3, -0.25) is 0 Å². The van der Waals surface area contributed by atoms with Crippen LogP contribution in [0.15, 0.2) is 54.0 Å². The summed E-state index contributed by atoms with van der Waals surface area (Å²) in [7, 11) is 0.